The van der Waals surface area contributed by atoms with Crippen molar-refractivity contribution in [2.45, 2.75) is 64.5 Å². The van der Waals surface area contributed by atoms with Crippen LogP contribution < -0.4 is 5.32 Å². The van der Waals surface area contributed by atoms with E-state index in [2.05, 4.69) is 31.3 Å². The smallest absolute Gasteiger partial charge is 0.121 e. The Hall–Kier alpha value is -0.800. The molecule has 2 unspecified atom stereocenters. The van der Waals surface area contributed by atoms with Gasteiger partial charge in [0.1, 0.15) is 11.5 Å². The Morgan fingerprint density at radius 1 is 1.37 bits per heavy atom. The molecule has 1 aromatic rings. The predicted octanol–water partition coefficient (Wildman–Crippen LogP) is 3.84. The SMILES string of the molecule is CCNC(CCCC1CCCO1)c1ccc(CC)o1. The summed E-state index contributed by atoms with van der Waals surface area (Å²) in [4.78, 5) is 0. The molecule has 3 heteroatoms. The molecule has 0 bridgehead atoms. The highest BCUT2D eigenvalue weighted by Crippen LogP contribution is 2.24. The number of hydrogen-bond donors (Lipinski definition) is 1. The van der Waals surface area contributed by atoms with E-state index in [0.29, 0.717) is 12.1 Å². The number of nitrogens with one attached hydrogen (secondary N) is 1. The molecule has 0 spiro atoms. The van der Waals surface area contributed by atoms with Gasteiger partial charge < -0.3 is 14.5 Å². The highest BCUT2D eigenvalue weighted by Gasteiger charge is 2.18. The molecular formula is C16H27NO2. The van der Waals surface area contributed by atoms with E-state index < -0.39 is 0 Å². The summed E-state index contributed by atoms with van der Waals surface area (Å²) in [6, 6.07) is 4.57. The Balaban J connectivity index is 1.81. The Bertz CT molecular complexity index is 355. The van der Waals surface area contributed by atoms with E-state index in [9.17, 15) is 0 Å². The number of rotatable bonds is 8. The van der Waals surface area contributed by atoms with Crippen molar-refractivity contribution < 1.29 is 9.15 Å². The van der Waals surface area contributed by atoms with E-state index in [1.54, 1.807) is 0 Å². The summed E-state index contributed by atoms with van der Waals surface area (Å²) in [5.74, 6) is 2.17. The van der Waals surface area contributed by atoms with Gasteiger partial charge in [-0.1, -0.05) is 13.8 Å². The van der Waals surface area contributed by atoms with Gasteiger partial charge >= 0.3 is 0 Å². The first-order valence-corrected chi connectivity index (χ1v) is 7.77. The minimum Gasteiger partial charge on any atom is -0.464 e. The van der Waals surface area contributed by atoms with Gasteiger partial charge in [0, 0.05) is 13.0 Å². The zero-order valence-corrected chi connectivity index (χ0v) is 12.3. The Morgan fingerprint density at radius 3 is 2.89 bits per heavy atom. The number of furan rings is 1. The number of hydrogen-bond acceptors (Lipinski definition) is 3. The molecule has 19 heavy (non-hydrogen) atoms. The lowest BCUT2D eigenvalue weighted by atomic mass is 10.0. The van der Waals surface area contributed by atoms with Crippen LogP contribution in [0.4, 0.5) is 0 Å². The van der Waals surface area contributed by atoms with Crippen molar-refractivity contribution >= 4 is 0 Å². The molecule has 1 aromatic heterocycles. The van der Waals surface area contributed by atoms with Crippen molar-refractivity contribution in [3.8, 4) is 0 Å². The first kappa shape index (κ1) is 14.6. The van der Waals surface area contributed by atoms with Crippen molar-refractivity contribution in [3.05, 3.63) is 23.7 Å². The summed E-state index contributed by atoms with van der Waals surface area (Å²) in [5.41, 5.74) is 0. The van der Waals surface area contributed by atoms with Crippen LogP contribution in [-0.4, -0.2) is 19.3 Å². The van der Waals surface area contributed by atoms with E-state index >= 15 is 0 Å². The van der Waals surface area contributed by atoms with Gasteiger partial charge in [0.25, 0.3) is 0 Å². The zero-order valence-electron chi connectivity index (χ0n) is 12.3. The number of ether oxygens (including phenoxy) is 1. The van der Waals surface area contributed by atoms with E-state index in [-0.39, 0.29) is 0 Å². The molecule has 2 rings (SSSR count). The van der Waals surface area contributed by atoms with Crippen LogP contribution in [-0.2, 0) is 11.2 Å². The molecule has 0 aromatic carbocycles. The summed E-state index contributed by atoms with van der Waals surface area (Å²) in [6.45, 7) is 6.21. The largest absolute Gasteiger partial charge is 0.464 e. The van der Waals surface area contributed by atoms with Gasteiger partial charge in [0.2, 0.25) is 0 Å². The van der Waals surface area contributed by atoms with Gasteiger partial charge in [0.05, 0.1) is 12.1 Å². The maximum Gasteiger partial charge on any atom is 0.121 e. The average Bonchev–Trinajstić information content (AvgIpc) is 3.09. The van der Waals surface area contributed by atoms with Crippen molar-refractivity contribution in [1.29, 1.82) is 0 Å². The minimum absolute atomic E-state index is 0.353. The fraction of sp³-hybridized carbons (Fsp3) is 0.750. The molecule has 1 N–H and O–H groups in total. The fourth-order valence-corrected chi connectivity index (χ4v) is 2.78. The van der Waals surface area contributed by atoms with E-state index in [0.717, 1.165) is 37.5 Å². The summed E-state index contributed by atoms with van der Waals surface area (Å²) < 4.78 is 11.6. The van der Waals surface area contributed by atoms with Crippen molar-refractivity contribution in [3.63, 3.8) is 0 Å². The second-order valence-corrected chi connectivity index (χ2v) is 5.33. The molecule has 1 aliphatic heterocycles. The van der Waals surface area contributed by atoms with Crippen LogP contribution >= 0.6 is 0 Å². The van der Waals surface area contributed by atoms with E-state index in [1.807, 2.05) is 0 Å². The average molecular weight is 265 g/mol. The second kappa shape index (κ2) is 7.71. The summed E-state index contributed by atoms with van der Waals surface area (Å²) >= 11 is 0. The summed E-state index contributed by atoms with van der Waals surface area (Å²) in [7, 11) is 0. The van der Waals surface area contributed by atoms with Crippen molar-refractivity contribution in [2.75, 3.05) is 13.2 Å². The van der Waals surface area contributed by atoms with E-state index in [4.69, 9.17) is 9.15 Å². The van der Waals surface area contributed by atoms with Gasteiger partial charge in [-0.25, -0.2) is 0 Å². The molecule has 2 heterocycles. The number of aryl methyl sites for hydroxylation is 1. The standard InChI is InChI=1S/C16H27NO2/c1-3-13-10-11-16(19-13)15(17-4-2)9-5-7-14-8-6-12-18-14/h10-11,14-15,17H,3-9,12H2,1-2H3. The Morgan fingerprint density at radius 2 is 2.26 bits per heavy atom. The molecule has 108 valence electrons. The first-order valence-electron chi connectivity index (χ1n) is 7.77. The quantitative estimate of drug-likeness (QED) is 0.775. The zero-order chi connectivity index (χ0) is 13.5. The lowest BCUT2D eigenvalue weighted by Crippen LogP contribution is -2.20. The Kier molecular flexibility index (Phi) is 5.93. The third-order valence-electron chi connectivity index (χ3n) is 3.87. The molecular weight excluding hydrogens is 238 g/mol. The molecule has 0 radical (unpaired) electrons. The van der Waals surface area contributed by atoms with Crippen LogP contribution in [0.25, 0.3) is 0 Å². The molecule has 1 aliphatic rings. The monoisotopic (exact) mass is 265 g/mol. The van der Waals surface area contributed by atoms with Crippen LogP contribution in [0.2, 0.25) is 0 Å². The minimum atomic E-state index is 0.353. The lowest BCUT2D eigenvalue weighted by molar-refractivity contribution is 0.101. The Labute approximate surface area is 116 Å². The first-order chi connectivity index (χ1) is 9.33. The fourth-order valence-electron chi connectivity index (χ4n) is 2.78. The normalized spacial score (nSPS) is 20.8. The van der Waals surface area contributed by atoms with Crippen LogP contribution in [0.5, 0.6) is 0 Å². The topological polar surface area (TPSA) is 34.4 Å². The van der Waals surface area contributed by atoms with E-state index in [1.165, 1.54) is 25.7 Å². The van der Waals surface area contributed by atoms with Gasteiger partial charge in [0.15, 0.2) is 0 Å². The van der Waals surface area contributed by atoms with Crippen LogP contribution in [0, 0.1) is 0 Å². The van der Waals surface area contributed by atoms with Crippen molar-refractivity contribution in [1.82, 2.24) is 5.32 Å². The third kappa shape index (κ3) is 4.36. The summed E-state index contributed by atoms with van der Waals surface area (Å²) in [6.07, 6.45) is 7.46. The van der Waals surface area contributed by atoms with Gasteiger partial charge in [-0.2, -0.15) is 0 Å². The van der Waals surface area contributed by atoms with Gasteiger partial charge in [-0.05, 0) is 50.8 Å². The molecule has 3 nitrogen and oxygen atoms in total. The van der Waals surface area contributed by atoms with Crippen LogP contribution in [0.3, 0.4) is 0 Å². The molecule has 0 aliphatic carbocycles. The summed E-state index contributed by atoms with van der Waals surface area (Å²) in [5, 5.41) is 3.53. The van der Waals surface area contributed by atoms with Crippen molar-refractivity contribution in [2.24, 2.45) is 0 Å². The molecule has 1 saturated heterocycles. The van der Waals surface area contributed by atoms with Gasteiger partial charge in [-0.3, -0.25) is 0 Å². The molecule has 0 amide bonds. The molecule has 0 saturated carbocycles. The maximum absolute atomic E-state index is 5.88. The molecule has 1 fully saturated rings. The molecule has 2 atom stereocenters. The maximum atomic E-state index is 5.88. The van der Waals surface area contributed by atoms with Crippen LogP contribution in [0.15, 0.2) is 16.5 Å². The predicted molar refractivity (Wildman–Crippen MR) is 77.3 cm³/mol. The van der Waals surface area contributed by atoms with Gasteiger partial charge in [-0.15, -0.1) is 0 Å². The highest BCUT2D eigenvalue weighted by atomic mass is 16.5. The highest BCUT2D eigenvalue weighted by molar-refractivity contribution is 5.10. The second-order valence-electron chi connectivity index (χ2n) is 5.33. The third-order valence-corrected chi connectivity index (χ3v) is 3.87. The lowest BCUT2D eigenvalue weighted by Gasteiger charge is -2.16. The van der Waals surface area contributed by atoms with Crippen LogP contribution in [0.1, 0.15) is 63.5 Å².